The predicted molar refractivity (Wildman–Crippen MR) is 68.1 cm³/mol. The SMILES string of the molecule is O=C(CC1CCC1)NCC1(C(=O)O)CCCCC1. The zero-order valence-electron chi connectivity index (χ0n) is 10.9. The van der Waals surface area contributed by atoms with Crippen LogP contribution in [0.1, 0.15) is 57.8 Å². The fraction of sp³-hybridized carbons (Fsp3) is 0.857. The second kappa shape index (κ2) is 5.72. The number of hydrogen-bond donors (Lipinski definition) is 2. The molecule has 0 aromatic rings. The number of carboxylic acids is 1. The van der Waals surface area contributed by atoms with E-state index < -0.39 is 11.4 Å². The molecule has 0 atom stereocenters. The first-order chi connectivity index (χ1) is 8.62. The lowest BCUT2D eigenvalue weighted by molar-refractivity contribution is -0.151. The molecular formula is C14H23NO3. The highest BCUT2D eigenvalue weighted by atomic mass is 16.4. The molecule has 18 heavy (non-hydrogen) atoms. The third-order valence-electron chi connectivity index (χ3n) is 4.59. The van der Waals surface area contributed by atoms with Gasteiger partial charge in [-0.3, -0.25) is 9.59 Å². The number of rotatable bonds is 5. The van der Waals surface area contributed by atoms with Crippen molar-refractivity contribution in [2.24, 2.45) is 11.3 Å². The Morgan fingerprint density at radius 1 is 1.11 bits per heavy atom. The van der Waals surface area contributed by atoms with Gasteiger partial charge < -0.3 is 10.4 Å². The first-order valence-corrected chi connectivity index (χ1v) is 7.12. The van der Waals surface area contributed by atoms with Crippen molar-refractivity contribution in [2.75, 3.05) is 6.54 Å². The fourth-order valence-corrected chi connectivity index (χ4v) is 2.99. The van der Waals surface area contributed by atoms with Crippen LogP contribution in [0, 0.1) is 11.3 Å². The van der Waals surface area contributed by atoms with Crippen LogP contribution < -0.4 is 5.32 Å². The summed E-state index contributed by atoms with van der Waals surface area (Å²) in [6, 6.07) is 0. The van der Waals surface area contributed by atoms with Gasteiger partial charge in [-0.05, 0) is 31.6 Å². The van der Waals surface area contributed by atoms with E-state index in [1.165, 1.54) is 6.42 Å². The van der Waals surface area contributed by atoms with Gasteiger partial charge in [-0.2, -0.15) is 0 Å². The number of aliphatic carboxylic acids is 1. The standard InChI is InChI=1S/C14H23NO3/c16-12(9-11-5-4-6-11)15-10-14(13(17)18)7-2-1-3-8-14/h11H,1-10H2,(H,15,16)(H,17,18). The molecule has 4 nitrogen and oxygen atoms in total. The maximum Gasteiger partial charge on any atom is 0.311 e. The van der Waals surface area contributed by atoms with Crippen molar-refractivity contribution in [2.45, 2.75) is 57.8 Å². The summed E-state index contributed by atoms with van der Waals surface area (Å²) in [5.74, 6) is -0.172. The molecule has 102 valence electrons. The van der Waals surface area contributed by atoms with Gasteiger partial charge in [0.15, 0.2) is 0 Å². The Hall–Kier alpha value is -1.06. The van der Waals surface area contributed by atoms with E-state index in [0.717, 1.165) is 32.1 Å². The molecule has 2 aliphatic rings. The Labute approximate surface area is 108 Å². The highest BCUT2D eigenvalue weighted by molar-refractivity contribution is 5.79. The van der Waals surface area contributed by atoms with Crippen LogP contribution in [0.5, 0.6) is 0 Å². The van der Waals surface area contributed by atoms with E-state index in [4.69, 9.17) is 0 Å². The number of carbonyl (C=O) groups excluding carboxylic acids is 1. The fourth-order valence-electron chi connectivity index (χ4n) is 2.99. The molecule has 2 fully saturated rings. The zero-order valence-corrected chi connectivity index (χ0v) is 10.9. The van der Waals surface area contributed by atoms with E-state index in [0.29, 0.717) is 31.7 Å². The van der Waals surface area contributed by atoms with Gasteiger partial charge in [0, 0.05) is 13.0 Å². The number of hydrogen-bond acceptors (Lipinski definition) is 2. The number of nitrogens with one attached hydrogen (secondary N) is 1. The van der Waals surface area contributed by atoms with Crippen LogP contribution in [0.25, 0.3) is 0 Å². The van der Waals surface area contributed by atoms with Crippen LogP contribution >= 0.6 is 0 Å². The van der Waals surface area contributed by atoms with Crippen molar-refractivity contribution in [3.63, 3.8) is 0 Å². The number of carboxylic acid groups (broad SMARTS) is 1. The molecule has 1 amide bonds. The lowest BCUT2D eigenvalue weighted by atomic mass is 9.74. The molecule has 2 saturated carbocycles. The van der Waals surface area contributed by atoms with Crippen molar-refractivity contribution in [1.82, 2.24) is 5.32 Å². The molecule has 0 aromatic carbocycles. The molecule has 0 aromatic heterocycles. The van der Waals surface area contributed by atoms with E-state index in [-0.39, 0.29) is 5.91 Å². The van der Waals surface area contributed by atoms with E-state index >= 15 is 0 Å². The van der Waals surface area contributed by atoms with Crippen LogP contribution in [-0.4, -0.2) is 23.5 Å². The Morgan fingerprint density at radius 3 is 2.28 bits per heavy atom. The summed E-state index contributed by atoms with van der Waals surface area (Å²) in [5, 5.41) is 12.2. The van der Waals surface area contributed by atoms with Crippen LogP contribution in [0.3, 0.4) is 0 Å². The predicted octanol–water partition coefficient (Wildman–Crippen LogP) is 2.33. The Bertz CT molecular complexity index is 317. The summed E-state index contributed by atoms with van der Waals surface area (Å²) < 4.78 is 0. The lowest BCUT2D eigenvalue weighted by Gasteiger charge is -2.33. The van der Waals surface area contributed by atoms with Crippen molar-refractivity contribution in [3.05, 3.63) is 0 Å². The molecule has 0 spiro atoms. The second-order valence-corrected chi connectivity index (χ2v) is 5.92. The van der Waals surface area contributed by atoms with Crippen LogP contribution in [0.15, 0.2) is 0 Å². The van der Waals surface area contributed by atoms with Crippen LogP contribution in [0.2, 0.25) is 0 Å². The van der Waals surface area contributed by atoms with Gasteiger partial charge in [0.25, 0.3) is 0 Å². The molecule has 0 bridgehead atoms. The minimum absolute atomic E-state index is 0.0332. The molecule has 2 aliphatic carbocycles. The normalized spacial score (nSPS) is 23.1. The number of carbonyl (C=O) groups is 2. The molecule has 0 heterocycles. The van der Waals surface area contributed by atoms with E-state index in [2.05, 4.69) is 5.32 Å². The largest absolute Gasteiger partial charge is 0.481 e. The second-order valence-electron chi connectivity index (χ2n) is 5.92. The van der Waals surface area contributed by atoms with Gasteiger partial charge in [-0.1, -0.05) is 25.7 Å². The zero-order chi connectivity index (χ0) is 13.0. The minimum atomic E-state index is -0.744. The molecule has 0 unspecified atom stereocenters. The maximum absolute atomic E-state index is 11.7. The minimum Gasteiger partial charge on any atom is -0.481 e. The highest BCUT2D eigenvalue weighted by Gasteiger charge is 2.39. The van der Waals surface area contributed by atoms with Crippen molar-refractivity contribution in [1.29, 1.82) is 0 Å². The summed E-state index contributed by atoms with van der Waals surface area (Å²) in [6.45, 7) is 0.313. The van der Waals surface area contributed by atoms with Gasteiger partial charge in [0.2, 0.25) is 5.91 Å². The van der Waals surface area contributed by atoms with E-state index in [1.807, 2.05) is 0 Å². The Morgan fingerprint density at radius 2 is 1.78 bits per heavy atom. The average Bonchev–Trinajstić information content (AvgIpc) is 2.32. The topological polar surface area (TPSA) is 66.4 Å². The summed E-state index contributed by atoms with van der Waals surface area (Å²) in [7, 11) is 0. The van der Waals surface area contributed by atoms with E-state index in [1.54, 1.807) is 0 Å². The van der Waals surface area contributed by atoms with Crippen molar-refractivity contribution in [3.8, 4) is 0 Å². The smallest absolute Gasteiger partial charge is 0.311 e. The lowest BCUT2D eigenvalue weighted by Crippen LogP contribution is -2.44. The maximum atomic E-state index is 11.7. The van der Waals surface area contributed by atoms with Gasteiger partial charge in [-0.25, -0.2) is 0 Å². The third kappa shape index (κ3) is 3.03. The van der Waals surface area contributed by atoms with Gasteiger partial charge in [0.05, 0.1) is 5.41 Å². The highest BCUT2D eigenvalue weighted by Crippen LogP contribution is 2.36. The number of amides is 1. The van der Waals surface area contributed by atoms with Crippen LogP contribution in [0.4, 0.5) is 0 Å². The quantitative estimate of drug-likeness (QED) is 0.790. The van der Waals surface area contributed by atoms with Gasteiger partial charge >= 0.3 is 5.97 Å². The molecule has 4 heteroatoms. The van der Waals surface area contributed by atoms with Crippen LogP contribution in [-0.2, 0) is 9.59 Å². The van der Waals surface area contributed by atoms with Crippen molar-refractivity contribution >= 4 is 11.9 Å². The Balaban J connectivity index is 1.81. The molecule has 2 N–H and O–H groups in total. The molecule has 0 saturated heterocycles. The molecule has 2 rings (SSSR count). The molecule has 0 radical (unpaired) electrons. The summed E-state index contributed by atoms with van der Waals surface area (Å²) in [5.41, 5.74) is -0.701. The summed E-state index contributed by atoms with van der Waals surface area (Å²) >= 11 is 0. The monoisotopic (exact) mass is 253 g/mol. The third-order valence-corrected chi connectivity index (χ3v) is 4.59. The first-order valence-electron chi connectivity index (χ1n) is 7.12. The summed E-state index contributed by atoms with van der Waals surface area (Å²) in [4.78, 5) is 23.2. The summed E-state index contributed by atoms with van der Waals surface area (Å²) in [6.07, 6.45) is 8.56. The Kier molecular flexibility index (Phi) is 4.25. The first kappa shape index (κ1) is 13.4. The van der Waals surface area contributed by atoms with Gasteiger partial charge in [-0.15, -0.1) is 0 Å². The molecular weight excluding hydrogens is 230 g/mol. The van der Waals surface area contributed by atoms with Gasteiger partial charge in [0.1, 0.15) is 0 Å². The average molecular weight is 253 g/mol. The van der Waals surface area contributed by atoms with E-state index in [9.17, 15) is 14.7 Å². The molecule has 0 aliphatic heterocycles. The van der Waals surface area contributed by atoms with Crippen molar-refractivity contribution < 1.29 is 14.7 Å².